The summed E-state index contributed by atoms with van der Waals surface area (Å²) in [4.78, 5) is 3.45. The van der Waals surface area contributed by atoms with Gasteiger partial charge in [0, 0.05) is 34.6 Å². The summed E-state index contributed by atoms with van der Waals surface area (Å²) in [7, 11) is 0. The first-order valence-corrected chi connectivity index (χ1v) is 8.60. The van der Waals surface area contributed by atoms with Crippen LogP contribution in [0.15, 0.2) is 83.8 Å². The van der Waals surface area contributed by atoms with Crippen molar-refractivity contribution in [1.29, 1.82) is 0 Å². The van der Waals surface area contributed by atoms with E-state index < -0.39 is 0 Å². The van der Waals surface area contributed by atoms with Crippen LogP contribution in [0.5, 0.6) is 0 Å². The zero-order valence-corrected chi connectivity index (χ0v) is 14.5. The molecule has 0 amide bonds. The second-order valence-electron chi connectivity index (χ2n) is 6.07. The van der Waals surface area contributed by atoms with Gasteiger partial charge in [0.15, 0.2) is 0 Å². The van der Waals surface area contributed by atoms with Crippen LogP contribution in [0.1, 0.15) is 23.6 Å². The molecule has 0 saturated carbocycles. The van der Waals surface area contributed by atoms with Crippen molar-refractivity contribution in [3.63, 3.8) is 0 Å². The molecule has 118 valence electrons. The Kier molecular flexibility index (Phi) is 3.91. The maximum atomic E-state index is 4.68. The highest BCUT2D eigenvalue weighted by molar-refractivity contribution is 7.84. The molecule has 0 N–H and O–H groups in total. The van der Waals surface area contributed by atoms with Crippen molar-refractivity contribution in [2.45, 2.75) is 13.5 Å². The molecule has 1 aliphatic rings. The standard InChI is InChI=1S/C22H19NS/c1-16(24)22-18-11-5-7-13-20(18)23(15-17-9-3-2-4-10-17)21-14-8-6-12-19(21)22/h2-14,24H,15H2,1H3. The number of allylic oxidation sites excluding steroid dienone is 1. The van der Waals surface area contributed by atoms with Crippen molar-refractivity contribution in [3.05, 3.63) is 100 Å². The molecule has 0 saturated heterocycles. The fraction of sp³-hybridized carbons (Fsp3) is 0.0909. The zero-order valence-electron chi connectivity index (χ0n) is 13.6. The van der Waals surface area contributed by atoms with E-state index in [2.05, 4.69) is 103 Å². The number of rotatable bonds is 2. The number of benzene rings is 3. The van der Waals surface area contributed by atoms with Gasteiger partial charge in [0.1, 0.15) is 0 Å². The number of fused-ring (bicyclic) bond motifs is 2. The van der Waals surface area contributed by atoms with Crippen molar-refractivity contribution in [2.75, 3.05) is 4.90 Å². The predicted molar refractivity (Wildman–Crippen MR) is 106 cm³/mol. The van der Waals surface area contributed by atoms with Crippen LogP contribution in [0.4, 0.5) is 11.4 Å². The molecule has 0 radical (unpaired) electrons. The Morgan fingerprint density at radius 2 is 1.25 bits per heavy atom. The number of nitrogens with zero attached hydrogens (tertiary/aromatic N) is 1. The minimum Gasteiger partial charge on any atom is -0.336 e. The van der Waals surface area contributed by atoms with Gasteiger partial charge in [-0.2, -0.15) is 0 Å². The van der Waals surface area contributed by atoms with Crippen molar-refractivity contribution in [1.82, 2.24) is 0 Å². The molecule has 1 aliphatic heterocycles. The summed E-state index contributed by atoms with van der Waals surface area (Å²) in [5, 5.41) is 0. The molecule has 1 heterocycles. The third kappa shape index (κ3) is 2.53. The van der Waals surface area contributed by atoms with E-state index in [0.29, 0.717) is 0 Å². The average Bonchev–Trinajstić information content (AvgIpc) is 2.62. The molecule has 2 heteroatoms. The molecule has 0 bridgehead atoms. The van der Waals surface area contributed by atoms with E-state index in [0.717, 1.165) is 11.4 Å². The molecular formula is C22H19NS. The lowest BCUT2D eigenvalue weighted by molar-refractivity contribution is 0.963. The van der Waals surface area contributed by atoms with Crippen molar-refractivity contribution in [2.24, 2.45) is 0 Å². The van der Waals surface area contributed by atoms with Crippen LogP contribution in [0.25, 0.3) is 5.57 Å². The molecule has 0 fully saturated rings. The summed E-state index contributed by atoms with van der Waals surface area (Å²) in [6.45, 7) is 2.92. The molecule has 1 nitrogen and oxygen atoms in total. The van der Waals surface area contributed by atoms with E-state index in [9.17, 15) is 0 Å². The summed E-state index contributed by atoms with van der Waals surface area (Å²) >= 11 is 4.68. The van der Waals surface area contributed by atoms with Gasteiger partial charge in [0.2, 0.25) is 0 Å². The highest BCUT2D eigenvalue weighted by atomic mass is 32.1. The monoisotopic (exact) mass is 329 g/mol. The maximum Gasteiger partial charge on any atom is 0.0494 e. The van der Waals surface area contributed by atoms with Crippen LogP contribution in [0.2, 0.25) is 0 Å². The number of para-hydroxylation sites is 2. The quantitative estimate of drug-likeness (QED) is 0.560. The van der Waals surface area contributed by atoms with Gasteiger partial charge in [-0.1, -0.05) is 66.7 Å². The van der Waals surface area contributed by atoms with E-state index in [1.807, 2.05) is 0 Å². The van der Waals surface area contributed by atoms with Gasteiger partial charge >= 0.3 is 0 Å². The van der Waals surface area contributed by atoms with Crippen LogP contribution in [0.3, 0.4) is 0 Å². The largest absolute Gasteiger partial charge is 0.336 e. The Labute approximate surface area is 148 Å². The highest BCUT2D eigenvalue weighted by Crippen LogP contribution is 2.47. The molecule has 0 unspecified atom stereocenters. The Hall–Kier alpha value is -2.45. The lowest BCUT2D eigenvalue weighted by Crippen LogP contribution is -2.22. The van der Waals surface area contributed by atoms with Crippen molar-refractivity contribution < 1.29 is 0 Å². The summed E-state index contributed by atoms with van der Waals surface area (Å²) in [6, 6.07) is 27.8. The summed E-state index contributed by atoms with van der Waals surface area (Å²) in [5.74, 6) is 0. The Bertz CT molecular complexity index is 859. The minimum absolute atomic E-state index is 0.855. The molecule has 0 atom stereocenters. The number of hydrogen-bond acceptors (Lipinski definition) is 2. The Morgan fingerprint density at radius 3 is 1.79 bits per heavy atom. The summed E-state index contributed by atoms with van der Waals surface area (Å²) in [5.41, 5.74) is 7.51. The van der Waals surface area contributed by atoms with Crippen molar-refractivity contribution in [3.8, 4) is 0 Å². The zero-order chi connectivity index (χ0) is 16.5. The van der Waals surface area contributed by atoms with Gasteiger partial charge in [0.25, 0.3) is 0 Å². The lowest BCUT2D eigenvalue weighted by Gasteiger charge is -2.35. The number of hydrogen-bond donors (Lipinski definition) is 1. The first-order chi connectivity index (χ1) is 11.8. The SMILES string of the molecule is CC(S)=C1c2ccccc2N(Cc2ccccc2)c2ccccc21. The van der Waals surface area contributed by atoms with Crippen LogP contribution in [0, 0.1) is 0 Å². The van der Waals surface area contributed by atoms with E-state index in [-0.39, 0.29) is 0 Å². The number of thiol groups is 1. The predicted octanol–water partition coefficient (Wildman–Crippen LogP) is 6.05. The van der Waals surface area contributed by atoms with Crippen LogP contribution in [-0.2, 0) is 6.54 Å². The molecule has 3 aromatic rings. The second kappa shape index (κ2) is 6.21. The van der Waals surface area contributed by atoms with Gasteiger partial charge < -0.3 is 4.90 Å². The topological polar surface area (TPSA) is 3.24 Å². The smallest absolute Gasteiger partial charge is 0.0494 e. The lowest BCUT2D eigenvalue weighted by atomic mass is 9.89. The van der Waals surface area contributed by atoms with Gasteiger partial charge in [-0.25, -0.2) is 0 Å². The number of anilines is 2. The first kappa shape index (κ1) is 15.1. The molecular weight excluding hydrogens is 310 g/mol. The second-order valence-corrected chi connectivity index (χ2v) is 6.74. The first-order valence-electron chi connectivity index (χ1n) is 8.16. The average molecular weight is 329 g/mol. The van der Waals surface area contributed by atoms with E-state index in [4.69, 9.17) is 0 Å². The summed E-state index contributed by atoms with van der Waals surface area (Å²) in [6.07, 6.45) is 0. The molecule has 3 aromatic carbocycles. The van der Waals surface area contributed by atoms with Gasteiger partial charge in [-0.05, 0) is 29.5 Å². The maximum absolute atomic E-state index is 4.68. The van der Waals surface area contributed by atoms with Crippen LogP contribution >= 0.6 is 12.6 Å². The van der Waals surface area contributed by atoms with Crippen molar-refractivity contribution >= 4 is 29.6 Å². The normalized spacial score (nSPS) is 12.6. The van der Waals surface area contributed by atoms with Gasteiger partial charge in [0.05, 0.1) is 0 Å². The van der Waals surface area contributed by atoms with Crippen LogP contribution in [-0.4, -0.2) is 0 Å². The minimum atomic E-state index is 0.855. The molecule has 0 spiro atoms. The third-order valence-electron chi connectivity index (χ3n) is 4.47. The van der Waals surface area contributed by atoms with E-state index in [1.54, 1.807) is 0 Å². The summed E-state index contributed by atoms with van der Waals surface area (Å²) < 4.78 is 0. The molecule has 24 heavy (non-hydrogen) atoms. The highest BCUT2D eigenvalue weighted by Gasteiger charge is 2.26. The van der Waals surface area contributed by atoms with E-state index >= 15 is 0 Å². The Balaban J connectivity index is 1.93. The van der Waals surface area contributed by atoms with Crippen LogP contribution < -0.4 is 4.90 Å². The fourth-order valence-electron chi connectivity index (χ4n) is 3.44. The van der Waals surface area contributed by atoms with Gasteiger partial charge in [-0.3, -0.25) is 0 Å². The van der Waals surface area contributed by atoms with E-state index in [1.165, 1.54) is 33.6 Å². The molecule has 4 rings (SSSR count). The fourth-order valence-corrected chi connectivity index (χ4v) is 3.68. The Morgan fingerprint density at radius 1 is 0.750 bits per heavy atom. The molecule has 0 aromatic heterocycles. The third-order valence-corrected chi connectivity index (χ3v) is 4.70. The molecule has 0 aliphatic carbocycles. The van der Waals surface area contributed by atoms with Gasteiger partial charge in [-0.15, -0.1) is 12.6 Å².